The number of carbonyl (C=O) groups excluding carboxylic acids is 3. The predicted octanol–water partition coefficient (Wildman–Crippen LogP) is 2.94. The van der Waals surface area contributed by atoms with Gasteiger partial charge < -0.3 is 25.2 Å². The summed E-state index contributed by atoms with van der Waals surface area (Å²) >= 11 is 0. The molecule has 45 heavy (non-hydrogen) atoms. The third-order valence-corrected chi connectivity index (χ3v) is 9.92. The number of benzene rings is 1. The monoisotopic (exact) mass is 606 g/mol. The second-order valence-electron chi connectivity index (χ2n) is 12.7. The lowest BCUT2D eigenvalue weighted by molar-refractivity contribution is -0.139. The van der Waals surface area contributed by atoms with Crippen LogP contribution in [0.15, 0.2) is 60.9 Å². The van der Waals surface area contributed by atoms with Crippen LogP contribution in [0.4, 0.5) is 5.82 Å². The van der Waals surface area contributed by atoms with E-state index in [0.29, 0.717) is 63.5 Å². The molecule has 7 bridgehead atoms. The van der Waals surface area contributed by atoms with Crippen molar-refractivity contribution in [1.29, 1.82) is 0 Å². The number of hydrogen-bond donors (Lipinski definition) is 2. The van der Waals surface area contributed by atoms with Gasteiger partial charge in [0.1, 0.15) is 11.9 Å². The minimum Gasteiger partial charge on any atom is -0.376 e. The molecule has 4 atom stereocenters. The first-order chi connectivity index (χ1) is 21.8. The highest BCUT2D eigenvalue weighted by Crippen LogP contribution is 2.46. The summed E-state index contributed by atoms with van der Waals surface area (Å²) in [6, 6.07) is 13.4. The Hall–Kier alpha value is -4.41. The number of rotatable bonds is 1. The van der Waals surface area contributed by atoms with Crippen LogP contribution < -0.4 is 10.6 Å². The predicted molar refractivity (Wildman–Crippen MR) is 170 cm³/mol. The number of likely N-dealkylation sites (N-methyl/N-ethyl adjacent to an activating group) is 1. The molecule has 3 unspecified atom stereocenters. The molecule has 10 nitrogen and oxygen atoms in total. The Morgan fingerprint density at radius 3 is 2.69 bits per heavy atom. The first kappa shape index (κ1) is 29.3. The molecule has 2 N–H and O–H groups in total. The van der Waals surface area contributed by atoms with Crippen molar-refractivity contribution in [2.45, 2.75) is 49.6 Å². The highest BCUT2D eigenvalue weighted by atomic mass is 16.5. The van der Waals surface area contributed by atoms with Gasteiger partial charge in [-0.2, -0.15) is 0 Å². The van der Waals surface area contributed by atoms with Crippen molar-refractivity contribution in [2.24, 2.45) is 0 Å². The van der Waals surface area contributed by atoms with E-state index < -0.39 is 11.5 Å². The molecule has 10 heteroatoms. The maximum Gasteiger partial charge on any atom is 0.253 e. The molecule has 1 spiro atoms. The van der Waals surface area contributed by atoms with Gasteiger partial charge in [-0.1, -0.05) is 42.5 Å². The molecule has 3 aromatic rings. The van der Waals surface area contributed by atoms with Crippen LogP contribution in [0.5, 0.6) is 0 Å². The summed E-state index contributed by atoms with van der Waals surface area (Å²) in [5, 5.41) is 6.02. The van der Waals surface area contributed by atoms with Gasteiger partial charge in [0, 0.05) is 61.7 Å². The zero-order chi connectivity index (χ0) is 31.1. The number of pyridine rings is 2. The zero-order valence-corrected chi connectivity index (χ0v) is 25.7. The minimum atomic E-state index is -0.826. The van der Waals surface area contributed by atoms with Crippen LogP contribution in [0.2, 0.25) is 0 Å². The van der Waals surface area contributed by atoms with E-state index in [9.17, 15) is 14.4 Å². The number of carbonyl (C=O) groups is 3. The molecule has 1 aliphatic carbocycles. The van der Waals surface area contributed by atoms with Crippen LogP contribution in [0.3, 0.4) is 0 Å². The van der Waals surface area contributed by atoms with Gasteiger partial charge >= 0.3 is 0 Å². The summed E-state index contributed by atoms with van der Waals surface area (Å²) in [5.41, 5.74) is 4.10. The molecule has 1 saturated heterocycles. The van der Waals surface area contributed by atoms with Crippen molar-refractivity contribution >= 4 is 29.6 Å². The van der Waals surface area contributed by atoms with Crippen LogP contribution in [0.25, 0.3) is 6.08 Å². The third-order valence-electron chi connectivity index (χ3n) is 9.92. The molecule has 7 rings (SSSR count). The second-order valence-corrected chi connectivity index (χ2v) is 12.7. The van der Waals surface area contributed by atoms with Gasteiger partial charge in [-0.15, -0.1) is 0 Å². The molecule has 4 aliphatic rings. The van der Waals surface area contributed by atoms with E-state index in [-0.39, 0.29) is 29.7 Å². The summed E-state index contributed by atoms with van der Waals surface area (Å²) in [5.74, 6) is 0.117. The summed E-state index contributed by atoms with van der Waals surface area (Å²) in [6.45, 7) is 5.04. The van der Waals surface area contributed by atoms with Crippen LogP contribution >= 0.6 is 0 Å². The first-order valence-electron chi connectivity index (χ1n) is 15.7. The van der Waals surface area contributed by atoms with Gasteiger partial charge in [-0.3, -0.25) is 19.4 Å². The third kappa shape index (κ3) is 5.42. The Balaban J connectivity index is 1.22. The Morgan fingerprint density at radius 1 is 1.00 bits per heavy atom. The molecule has 1 aromatic carbocycles. The van der Waals surface area contributed by atoms with Gasteiger partial charge in [0.2, 0.25) is 11.8 Å². The van der Waals surface area contributed by atoms with E-state index in [4.69, 9.17) is 4.74 Å². The minimum absolute atomic E-state index is 0.0275. The normalized spacial score (nSPS) is 27.8. The molecule has 0 radical (unpaired) electrons. The number of nitrogens with one attached hydrogen (secondary N) is 2. The number of fused-ring (bicyclic) bond motifs is 4. The fourth-order valence-electron chi connectivity index (χ4n) is 7.29. The van der Waals surface area contributed by atoms with Gasteiger partial charge in [0.05, 0.1) is 24.2 Å². The van der Waals surface area contributed by atoms with Gasteiger partial charge in [-0.25, -0.2) is 4.98 Å². The smallest absolute Gasteiger partial charge is 0.253 e. The lowest BCUT2D eigenvalue weighted by Crippen LogP contribution is -2.59. The maximum atomic E-state index is 13.9. The maximum absolute atomic E-state index is 13.9. The largest absolute Gasteiger partial charge is 0.376 e. The Labute approximate surface area is 262 Å². The SMILES string of the molecule is CC1C(c2ccccc2)CC2NC(=O)c3cnc4c(c3)C[C@@]3(C4)C(=O)Nc4ncc(cc43)/C=C/COCCN(C)CCN1C2=O. The molecule has 2 aromatic heterocycles. The Morgan fingerprint density at radius 2 is 1.84 bits per heavy atom. The standard InChI is InChI=1S/C35H38N6O4/c1-22-27(24-8-4-3-5-9-24)17-29-33(43)41(22)11-10-40(2)12-14-45-13-6-7-23-15-28-31(37-20-23)39-34(44)35(28)18-25-16-26(32(42)38-29)21-36-30(25)19-35/h3-9,15-16,20-22,27,29H,10-14,17-19H2,1-2H3,(H,38,42)(H,37,39,44)/b7-6+/t22?,27?,29?,35-/m0/s1. The number of piperidine rings is 1. The fraction of sp³-hybridized carbons (Fsp3) is 0.400. The van der Waals surface area contributed by atoms with Crippen molar-refractivity contribution in [3.63, 3.8) is 0 Å². The molecular formula is C35H38N6O4. The van der Waals surface area contributed by atoms with Crippen LogP contribution in [0, 0.1) is 0 Å². The second kappa shape index (κ2) is 11.8. The van der Waals surface area contributed by atoms with Crippen LogP contribution in [-0.4, -0.2) is 89.5 Å². The molecule has 232 valence electrons. The number of anilines is 1. The lowest BCUT2D eigenvalue weighted by atomic mass is 9.79. The molecule has 5 heterocycles. The summed E-state index contributed by atoms with van der Waals surface area (Å²) in [4.78, 5) is 54.3. The summed E-state index contributed by atoms with van der Waals surface area (Å²) < 4.78 is 5.88. The summed E-state index contributed by atoms with van der Waals surface area (Å²) in [7, 11) is 2.03. The number of nitrogens with zero attached hydrogens (tertiary/aromatic N) is 4. The van der Waals surface area contributed by atoms with Crippen molar-refractivity contribution in [3.05, 3.63) is 94.4 Å². The van der Waals surface area contributed by atoms with E-state index >= 15 is 0 Å². The molecule has 0 saturated carbocycles. The summed E-state index contributed by atoms with van der Waals surface area (Å²) in [6.07, 6.45) is 8.60. The van der Waals surface area contributed by atoms with Crippen LogP contribution in [-0.2, 0) is 32.6 Å². The van der Waals surface area contributed by atoms with E-state index in [0.717, 1.165) is 27.9 Å². The topological polar surface area (TPSA) is 117 Å². The number of amides is 3. The average molecular weight is 607 g/mol. The quantitative estimate of drug-likeness (QED) is 0.438. The van der Waals surface area contributed by atoms with Gasteiger partial charge in [0.25, 0.3) is 5.91 Å². The van der Waals surface area contributed by atoms with E-state index in [1.165, 1.54) is 0 Å². The Bertz CT molecular complexity index is 1680. The Kier molecular flexibility index (Phi) is 7.71. The van der Waals surface area contributed by atoms with E-state index in [1.807, 2.05) is 54.4 Å². The highest BCUT2D eigenvalue weighted by molar-refractivity contribution is 6.06. The molecular weight excluding hydrogens is 568 g/mol. The van der Waals surface area contributed by atoms with Crippen LogP contribution in [0.1, 0.15) is 57.6 Å². The van der Waals surface area contributed by atoms with Gasteiger partial charge in [0.15, 0.2) is 0 Å². The lowest BCUT2D eigenvalue weighted by Gasteiger charge is -2.43. The average Bonchev–Trinajstić information content (AvgIpc) is 3.56. The van der Waals surface area contributed by atoms with E-state index in [1.54, 1.807) is 12.4 Å². The van der Waals surface area contributed by atoms with E-state index in [2.05, 4.69) is 44.6 Å². The van der Waals surface area contributed by atoms with Gasteiger partial charge in [-0.05, 0) is 55.6 Å². The van der Waals surface area contributed by atoms with Crippen molar-refractivity contribution in [1.82, 2.24) is 25.1 Å². The zero-order valence-electron chi connectivity index (χ0n) is 25.7. The van der Waals surface area contributed by atoms with Crippen molar-refractivity contribution in [2.75, 3.05) is 45.2 Å². The molecule has 3 amide bonds. The number of ether oxygens (including phenoxy) is 1. The molecule has 3 aliphatic heterocycles. The van der Waals surface area contributed by atoms with Crippen molar-refractivity contribution < 1.29 is 19.1 Å². The molecule has 1 fully saturated rings. The highest BCUT2D eigenvalue weighted by Gasteiger charge is 2.52. The van der Waals surface area contributed by atoms with Crippen molar-refractivity contribution in [3.8, 4) is 0 Å². The fourth-order valence-corrected chi connectivity index (χ4v) is 7.29. The first-order valence-corrected chi connectivity index (χ1v) is 15.7. The number of hydrogen-bond acceptors (Lipinski definition) is 7. The number of aromatic nitrogens is 2.